The van der Waals surface area contributed by atoms with E-state index in [1.165, 1.54) is 10.8 Å². The fraction of sp³-hybridized carbons (Fsp3) is 0. The van der Waals surface area contributed by atoms with Crippen molar-refractivity contribution in [3.05, 3.63) is 73.2 Å². The van der Waals surface area contributed by atoms with Gasteiger partial charge in [0.1, 0.15) is 16.8 Å². The molecule has 1 N–H and O–H groups in total. The van der Waals surface area contributed by atoms with Gasteiger partial charge in [0.2, 0.25) is 0 Å². The van der Waals surface area contributed by atoms with E-state index in [4.69, 9.17) is 9.97 Å². The van der Waals surface area contributed by atoms with Gasteiger partial charge in [-0.05, 0) is 30.3 Å². The van der Waals surface area contributed by atoms with Crippen molar-refractivity contribution < 1.29 is 0 Å². The number of pyridine rings is 3. The van der Waals surface area contributed by atoms with Crippen LogP contribution in [0.25, 0.3) is 60.3 Å². The molecule has 5 heteroatoms. The molecular formula is C23H13N5. The molecule has 0 aliphatic carbocycles. The first kappa shape index (κ1) is 14.1. The summed E-state index contributed by atoms with van der Waals surface area (Å²) in [6, 6.07) is 18.9. The molecule has 5 nitrogen and oxygen atoms in total. The summed E-state index contributed by atoms with van der Waals surface area (Å²) >= 11 is 0. The van der Waals surface area contributed by atoms with Crippen LogP contribution in [-0.2, 0) is 0 Å². The zero-order valence-corrected chi connectivity index (χ0v) is 14.7. The van der Waals surface area contributed by atoms with E-state index in [1.807, 2.05) is 24.5 Å². The van der Waals surface area contributed by atoms with Crippen molar-refractivity contribution >= 4 is 60.3 Å². The third-order valence-electron chi connectivity index (χ3n) is 5.65. The maximum atomic E-state index is 4.90. The molecule has 2 aromatic carbocycles. The zero-order valence-electron chi connectivity index (χ0n) is 14.7. The molecule has 5 heterocycles. The van der Waals surface area contributed by atoms with Crippen LogP contribution >= 0.6 is 0 Å². The number of benzene rings is 2. The number of para-hydroxylation sites is 1. The lowest BCUT2D eigenvalue weighted by Gasteiger charge is -2.09. The lowest BCUT2D eigenvalue weighted by molar-refractivity contribution is 1.23. The Morgan fingerprint density at radius 1 is 0.750 bits per heavy atom. The molecule has 7 rings (SSSR count). The van der Waals surface area contributed by atoms with Crippen molar-refractivity contribution in [1.82, 2.24) is 24.3 Å². The molecule has 0 atom stereocenters. The minimum absolute atomic E-state index is 0.874. The van der Waals surface area contributed by atoms with Crippen LogP contribution in [0, 0.1) is 0 Å². The van der Waals surface area contributed by atoms with Gasteiger partial charge >= 0.3 is 0 Å². The predicted octanol–water partition coefficient (Wildman–Crippen LogP) is 5.22. The van der Waals surface area contributed by atoms with Gasteiger partial charge < -0.3 is 4.98 Å². The first-order valence-electron chi connectivity index (χ1n) is 9.22. The molecule has 0 saturated carbocycles. The zero-order chi connectivity index (χ0) is 18.2. The number of hydrogen-bond acceptors (Lipinski definition) is 3. The molecular weight excluding hydrogens is 346 g/mol. The van der Waals surface area contributed by atoms with Crippen LogP contribution in [0.1, 0.15) is 0 Å². The number of rotatable bonds is 0. The van der Waals surface area contributed by atoms with E-state index in [0.29, 0.717) is 0 Å². The summed E-state index contributed by atoms with van der Waals surface area (Å²) in [6.07, 6.45) is 5.45. The second kappa shape index (κ2) is 4.84. The van der Waals surface area contributed by atoms with Gasteiger partial charge in [-0.15, -0.1) is 0 Å². The lowest BCUT2D eigenvalue weighted by Crippen LogP contribution is -1.94. The molecule has 5 aromatic heterocycles. The van der Waals surface area contributed by atoms with Crippen LogP contribution in [0.5, 0.6) is 0 Å². The molecule has 130 valence electrons. The Bertz CT molecular complexity index is 1720. The van der Waals surface area contributed by atoms with Crippen molar-refractivity contribution in [3.63, 3.8) is 0 Å². The number of fused-ring (bicyclic) bond motifs is 12. The Hall–Kier alpha value is -3.99. The molecule has 0 unspecified atom stereocenters. The average Bonchev–Trinajstić information content (AvgIpc) is 3.32. The van der Waals surface area contributed by atoms with Crippen LogP contribution in [0.3, 0.4) is 0 Å². The van der Waals surface area contributed by atoms with Gasteiger partial charge in [0.05, 0.1) is 17.2 Å². The van der Waals surface area contributed by atoms with Crippen LogP contribution in [0.2, 0.25) is 0 Å². The number of imidazole rings is 1. The lowest BCUT2D eigenvalue weighted by atomic mass is 10.0. The standard InChI is InChI=1S/C23H13N5/c1-2-6-17-13(4-1)14-7-8-16-20(21(14)26-17)15-5-3-10-25-22(15)28-19-9-11-24-12-18(19)27-23(16)28/h1-12,26H. The highest BCUT2D eigenvalue weighted by Crippen LogP contribution is 2.37. The number of aromatic amines is 1. The van der Waals surface area contributed by atoms with Crippen molar-refractivity contribution in [1.29, 1.82) is 0 Å². The summed E-state index contributed by atoms with van der Waals surface area (Å²) in [6.45, 7) is 0. The van der Waals surface area contributed by atoms with Gasteiger partial charge in [0.15, 0.2) is 0 Å². The molecule has 0 aliphatic rings. The molecule has 0 fully saturated rings. The van der Waals surface area contributed by atoms with E-state index in [0.717, 1.165) is 49.5 Å². The largest absolute Gasteiger partial charge is 0.354 e. The highest BCUT2D eigenvalue weighted by molar-refractivity contribution is 6.26. The molecule has 0 aliphatic heterocycles. The van der Waals surface area contributed by atoms with Gasteiger partial charge in [-0.25, -0.2) is 9.97 Å². The summed E-state index contributed by atoms with van der Waals surface area (Å²) in [5, 5.41) is 5.82. The van der Waals surface area contributed by atoms with Crippen LogP contribution in [0.4, 0.5) is 0 Å². The molecule has 0 bridgehead atoms. The fourth-order valence-electron chi connectivity index (χ4n) is 4.48. The Morgan fingerprint density at radius 3 is 2.61 bits per heavy atom. The van der Waals surface area contributed by atoms with E-state index in [2.05, 4.69) is 56.8 Å². The summed E-state index contributed by atoms with van der Waals surface area (Å²) in [7, 11) is 0. The minimum atomic E-state index is 0.874. The Morgan fingerprint density at radius 2 is 1.61 bits per heavy atom. The Kier molecular flexibility index (Phi) is 2.44. The van der Waals surface area contributed by atoms with Crippen LogP contribution in [-0.4, -0.2) is 24.3 Å². The van der Waals surface area contributed by atoms with Crippen LogP contribution < -0.4 is 0 Å². The number of nitrogens with one attached hydrogen (secondary N) is 1. The van der Waals surface area contributed by atoms with Gasteiger partial charge in [-0.2, -0.15) is 0 Å². The fourth-order valence-corrected chi connectivity index (χ4v) is 4.48. The molecule has 7 aromatic rings. The molecule has 0 saturated heterocycles. The third-order valence-corrected chi connectivity index (χ3v) is 5.65. The van der Waals surface area contributed by atoms with Gasteiger partial charge in [-0.1, -0.05) is 24.3 Å². The Labute approximate surface area is 158 Å². The van der Waals surface area contributed by atoms with Gasteiger partial charge in [0, 0.05) is 44.8 Å². The van der Waals surface area contributed by atoms with Crippen molar-refractivity contribution in [2.45, 2.75) is 0 Å². The highest BCUT2D eigenvalue weighted by atomic mass is 15.1. The highest BCUT2D eigenvalue weighted by Gasteiger charge is 2.17. The maximum absolute atomic E-state index is 4.90. The topological polar surface area (TPSA) is 58.9 Å². The van der Waals surface area contributed by atoms with Crippen molar-refractivity contribution in [2.75, 3.05) is 0 Å². The maximum Gasteiger partial charge on any atom is 0.147 e. The van der Waals surface area contributed by atoms with E-state index in [-0.39, 0.29) is 0 Å². The quantitative estimate of drug-likeness (QED) is 0.378. The average molecular weight is 359 g/mol. The third kappa shape index (κ3) is 1.60. The van der Waals surface area contributed by atoms with Gasteiger partial charge in [0.25, 0.3) is 0 Å². The number of aromatic nitrogens is 5. The summed E-state index contributed by atoms with van der Waals surface area (Å²) < 4.78 is 2.14. The smallest absolute Gasteiger partial charge is 0.147 e. The van der Waals surface area contributed by atoms with E-state index >= 15 is 0 Å². The normalized spacial score (nSPS) is 12.3. The first-order chi connectivity index (χ1) is 13.9. The first-order valence-corrected chi connectivity index (χ1v) is 9.22. The Balaban J connectivity index is 1.87. The van der Waals surface area contributed by atoms with E-state index in [9.17, 15) is 0 Å². The molecule has 28 heavy (non-hydrogen) atoms. The number of nitrogens with zero attached hydrogens (tertiary/aromatic N) is 4. The minimum Gasteiger partial charge on any atom is -0.354 e. The second-order valence-electron chi connectivity index (χ2n) is 7.09. The number of hydrogen-bond donors (Lipinski definition) is 1. The predicted molar refractivity (Wildman–Crippen MR) is 113 cm³/mol. The number of H-pyrrole nitrogens is 1. The summed E-state index contributed by atoms with van der Waals surface area (Å²) in [4.78, 5) is 17.5. The van der Waals surface area contributed by atoms with Gasteiger partial charge in [-0.3, -0.25) is 9.38 Å². The SMILES string of the molecule is c1ccc2c(c1)[nH]c1c2ccc2c1c1cccnc1n1c3ccncc3nc21. The van der Waals surface area contributed by atoms with Crippen LogP contribution in [0.15, 0.2) is 73.2 Å². The molecule has 0 amide bonds. The van der Waals surface area contributed by atoms with E-state index in [1.54, 1.807) is 6.20 Å². The monoisotopic (exact) mass is 359 g/mol. The second-order valence-corrected chi connectivity index (χ2v) is 7.09. The van der Waals surface area contributed by atoms with Crippen molar-refractivity contribution in [3.8, 4) is 0 Å². The van der Waals surface area contributed by atoms with E-state index < -0.39 is 0 Å². The molecule has 0 spiro atoms. The summed E-state index contributed by atoms with van der Waals surface area (Å²) in [5.74, 6) is 0. The summed E-state index contributed by atoms with van der Waals surface area (Å²) in [5.41, 5.74) is 5.98. The molecule has 0 radical (unpaired) electrons. The van der Waals surface area contributed by atoms with Crippen molar-refractivity contribution in [2.24, 2.45) is 0 Å².